The number of nitro benzene ring substituents is 1. The molecule has 0 unspecified atom stereocenters. The van der Waals surface area contributed by atoms with Gasteiger partial charge in [0.15, 0.2) is 5.78 Å². The van der Waals surface area contributed by atoms with Crippen molar-refractivity contribution in [2.75, 3.05) is 14.2 Å². The third-order valence-electron chi connectivity index (χ3n) is 5.92. The lowest BCUT2D eigenvalue weighted by atomic mass is 9.73. The van der Waals surface area contributed by atoms with Crippen molar-refractivity contribution in [3.05, 3.63) is 75.0 Å². The summed E-state index contributed by atoms with van der Waals surface area (Å²) in [6.07, 6.45) is 0.900. The molecule has 0 aromatic heterocycles. The van der Waals surface area contributed by atoms with Gasteiger partial charge in [0.05, 0.1) is 19.1 Å². The number of nitro groups is 1. The van der Waals surface area contributed by atoms with Crippen molar-refractivity contribution < 1.29 is 24.0 Å². The largest absolute Gasteiger partial charge is 0.497 e. The van der Waals surface area contributed by atoms with Crippen LogP contribution < -0.4 is 14.8 Å². The van der Waals surface area contributed by atoms with Gasteiger partial charge in [-0.1, -0.05) is 12.1 Å². The Morgan fingerprint density at radius 2 is 1.74 bits per heavy atom. The summed E-state index contributed by atoms with van der Waals surface area (Å²) in [4.78, 5) is 36.2. The molecular weight excluding hydrogens is 400 g/mol. The Morgan fingerprint density at radius 1 is 1.00 bits per heavy atom. The molecule has 0 fully saturated rings. The molecule has 2 aromatic rings. The zero-order valence-corrected chi connectivity index (χ0v) is 17.2. The number of carbonyl (C=O) groups excluding carboxylic acids is 2. The Labute approximate surface area is 179 Å². The maximum atomic E-state index is 13.2. The zero-order chi connectivity index (χ0) is 22.1. The minimum absolute atomic E-state index is 0.0293. The minimum atomic E-state index is -0.472. The van der Waals surface area contributed by atoms with Crippen LogP contribution in [0.25, 0.3) is 0 Å². The van der Waals surface area contributed by atoms with Crippen LogP contribution in [-0.4, -0.2) is 30.8 Å². The van der Waals surface area contributed by atoms with Crippen molar-refractivity contribution in [3.63, 3.8) is 0 Å². The summed E-state index contributed by atoms with van der Waals surface area (Å²) in [6, 6.07) is 11.5. The predicted molar refractivity (Wildman–Crippen MR) is 112 cm³/mol. The van der Waals surface area contributed by atoms with Crippen LogP contribution in [-0.2, 0) is 9.59 Å². The number of ketones is 1. The Hall–Kier alpha value is -3.68. The lowest BCUT2D eigenvalue weighted by Gasteiger charge is -2.34. The van der Waals surface area contributed by atoms with Crippen LogP contribution in [0, 0.1) is 10.1 Å². The third-order valence-corrected chi connectivity index (χ3v) is 5.92. The highest BCUT2D eigenvalue weighted by Gasteiger charge is 2.39. The molecule has 31 heavy (non-hydrogen) atoms. The maximum Gasteiger partial charge on any atom is 0.269 e. The molecule has 160 valence electrons. The second-order valence-corrected chi connectivity index (χ2v) is 7.68. The zero-order valence-electron chi connectivity index (χ0n) is 17.2. The van der Waals surface area contributed by atoms with Crippen LogP contribution in [0.15, 0.2) is 53.7 Å². The summed E-state index contributed by atoms with van der Waals surface area (Å²) in [5.41, 5.74) is 2.75. The Kier molecular flexibility index (Phi) is 5.46. The van der Waals surface area contributed by atoms with Crippen LogP contribution in [0.4, 0.5) is 5.69 Å². The number of non-ortho nitro benzene ring substituents is 1. The van der Waals surface area contributed by atoms with Crippen LogP contribution in [0.5, 0.6) is 11.5 Å². The summed E-state index contributed by atoms with van der Waals surface area (Å²) >= 11 is 0. The van der Waals surface area contributed by atoms with Gasteiger partial charge in [0, 0.05) is 53.6 Å². The Bertz CT molecular complexity index is 1090. The lowest BCUT2D eigenvalue weighted by molar-refractivity contribution is -0.384. The summed E-state index contributed by atoms with van der Waals surface area (Å²) in [6.45, 7) is 0. The highest BCUT2D eigenvalue weighted by atomic mass is 16.6. The first-order valence-corrected chi connectivity index (χ1v) is 9.93. The Balaban J connectivity index is 1.71. The van der Waals surface area contributed by atoms with Gasteiger partial charge in [0.1, 0.15) is 11.5 Å². The van der Waals surface area contributed by atoms with Crippen molar-refractivity contribution in [2.45, 2.75) is 31.1 Å². The number of allylic oxidation sites excluding steroid dienone is 2. The maximum absolute atomic E-state index is 13.2. The van der Waals surface area contributed by atoms with Crippen LogP contribution >= 0.6 is 0 Å². The van der Waals surface area contributed by atoms with Gasteiger partial charge >= 0.3 is 0 Å². The SMILES string of the molecule is COc1ccc(OC)c([C@@H]2CC(=O)C3=C(C2)NC(=O)C[C@H]3c2ccc([N+](=O)[O-])cc2)c1. The first-order valence-electron chi connectivity index (χ1n) is 9.93. The fourth-order valence-corrected chi connectivity index (χ4v) is 4.45. The predicted octanol–water partition coefficient (Wildman–Crippen LogP) is 3.62. The van der Waals surface area contributed by atoms with E-state index in [4.69, 9.17) is 9.47 Å². The molecule has 8 nitrogen and oxygen atoms in total. The number of hydrogen-bond acceptors (Lipinski definition) is 6. The van der Waals surface area contributed by atoms with E-state index in [2.05, 4.69) is 5.32 Å². The standard InChI is InChI=1S/C23H22N2O6/c1-30-16-7-8-21(31-2)17(11-16)14-9-19-23(20(26)10-14)18(12-22(27)24-19)13-3-5-15(6-4-13)25(28)29/h3-8,11,14,18H,9-10,12H2,1-2H3,(H,24,27)/t14-,18-/m0/s1. The number of ether oxygens (including phenoxy) is 2. The average molecular weight is 422 g/mol. The van der Waals surface area contributed by atoms with E-state index in [0.29, 0.717) is 29.2 Å². The first kappa shape index (κ1) is 20.6. The Morgan fingerprint density at radius 3 is 2.39 bits per heavy atom. The number of rotatable bonds is 5. The molecule has 1 N–H and O–H groups in total. The van der Waals surface area contributed by atoms with Gasteiger partial charge in [0.25, 0.3) is 5.69 Å². The molecule has 2 aliphatic rings. The van der Waals surface area contributed by atoms with E-state index < -0.39 is 10.8 Å². The fourth-order valence-electron chi connectivity index (χ4n) is 4.45. The smallest absolute Gasteiger partial charge is 0.269 e. The number of nitrogens with zero attached hydrogens (tertiary/aromatic N) is 1. The van der Waals surface area contributed by atoms with E-state index >= 15 is 0 Å². The van der Waals surface area contributed by atoms with Gasteiger partial charge in [-0.05, 0) is 30.2 Å². The van der Waals surface area contributed by atoms with E-state index in [-0.39, 0.29) is 36.1 Å². The van der Waals surface area contributed by atoms with Crippen molar-refractivity contribution in [2.24, 2.45) is 0 Å². The number of nitrogens with one attached hydrogen (secondary N) is 1. The molecule has 0 spiro atoms. The summed E-state index contributed by atoms with van der Waals surface area (Å²) in [5, 5.41) is 13.8. The molecule has 1 aliphatic heterocycles. The minimum Gasteiger partial charge on any atom is -0.497 e. The van der Waals surface area contributed by atoms with Crippen molar-refractivity contribution >= 4 is 17.4 Å². The number of Topliss-reactive ketones (excluding diaryl/α,β-unsaturated/α-hetero) is 1. The molecule has 4 rings (SSSR count). The van der Waals surface area contributed by atoms with Gasteiger partial charge in [-0.3, -0.25) is 19.7 Å². The molecular formula is C23H22N2O6. The monoisotopic (exact) mass is 422 g/mol. The highest BCUT2D eigenvalue weighted by Crippen LogP contribution is 2.45. The molecule has 0 bridgehead atoms. The van der Waals surface area contributed by atoms with Gasteiger partial charge < -0.3 is 14.8 Å². The summed E-state index contributed by atoms with van der Waals surface area (Å²) in [7, 11) is 3.15. The molecule has 0 saturated carbocycles. The molecule has 1 aliphatic carbocycles. The van der Waals surface area contributed by atoms with Gasteiger partial charge in [-0.15, -0.1) is 0 Å². The molecule has 0 radical (unpaired) electrons. The van der Waals surface area contributed by atoms with Gasteiger partial charge in [-0.2, -0.15) is 0 Å². The normalized spacial score (nSPS) is 20.7. The second kappa shape index (κ2) is 8.22. The lowest BCUT2D eigenvalue weighted by Crippen LogP contribution is -2.38. The fraction of sp³-hybridized carbons (Fsp3) is 0.304. The third kappa shape index (κ3) is 3.88. The van der Waals surface area contributed by atoms with Crippen LogP contribution in [0.3, 0.4) is 0 Å². The van der Waals surface area contributed by atoms with E-state index in [9.17, 15) is 19.7 Å². The highest BCUT2D eigenvalue weighted by molar-refractivity contribution is 6.02. The van der Waals surface area contributed by atoms with Crippen molar-refractivity contribution in [3.8, 4) is 11.5 Å². The summed E-state index contributed by atoms with van der Waals surface area (Å²) < 4.78 is 10.8. The molecule has 2 aromatic carbocycles. The van der Waals surface area contributed by atoms with Crippen LogP contribution in [0.1, 0.15) is 42.2 Å². The van der Waals surface area contributed by atoms with E-state index in [0.717, 1.165) is 11.1 Å². The number of benzene rings is 2. The number of methoxy groups -OCH3 is 2. The molecule has 8 heteroatoms. The number of carbonyl (C=O) groups is 2. The van der Waals surface area contributed by atoms with E-state index in [1.165, 1.54) is 12.1 Å². The molecule has 1 amide bonds. The second-order valence-electron chi connectivity index (χ2n) is 7.68. The molecule has 0 saturated heterocycles. The van der Waals surface area contributed by atoms with Gasteiger partial charge in [0.2, 0.25) is 5.91 Å². The topological polar surface area (TPSA) is 108 Å². The first-order chi connectivity index (χ1) is 14.9. The van der Waals surface area contributed by atoms with Crippen molar-refractivity contribution in [1.29, 1.82) is 0 Å². The van der Waals surface area contributed by atoms with Crippen LogP contribution in [0.2, 0.25) is 0 Å². The molecule has 1 heterocycles. The quantitative estimate of drug-likeness (QED) is 0.582. The molecule has 2 atom stereocenters. The number of hydrogen-bond donors (Lipinski definition) is 1. The average Bonchev–Trinajstić information content (AvgIpc) is 2.77. The van der Waals surface area contributed by atoms with E-state index in [1.807, 2.05) is 12.1 Å². The van der Waals surface area contributed by atoms with Crippen molar-refractivity contribution in [1.82, 2.24) is 5.32 Å². The summed E-state index contributed by atoms with van der Waals surface area (Å²) in [5.74, 6) is 0.543. The van der Waals surface area contributed by atoms with E-state index in [1.54, 1.807) is 32.4 Å². The number of amides is 1. The van der Waals surface area contributed by atoms with Gasteiger partial charge in [-0.25, -0.2) is 0 Å².